The smallest absolute Gasteiger partial charge is 0.214 e. The van der Waals surface area contributed by atoms with E-state index in [1.807, 2.05) is 0 Å². The van der Waals surface area contributed by atoms with Gasteiger partial charge in [-0.3, -0.25) is 4.79 Å². The average Bonchev–Trinajstić information content (AvgIpc) is 1.56. The molecule has 0 radical (unpaired) electrons. The van der Waals surface area contributed by atoms with Gasteiger partial charge in [-0.2, -0.15) is 0 Å². The third kappa shape index (κ3) is 3010. The molecule has 0 aromatic heterocycles. The van der Waals surface area contributed by atoms with Crippen LogP contribution in [0.3, 0.4) is 0 Å². The lowest BCUT2D eigenvalue weighted by Gasteiger charge is -1.69. The van der Waals surface area contributed by atoms with Crippen LogP contribution in [0.1, 0.15) is 34.6 Å². The molecule has 0 aliphatic carbocycles. The highest BCUT2D eigenvalue weighted by atomic mass is 32.2. The molecule has 0 aromatic rings. The number of hydrogen-bond donors (Lipinski definition) is 1. The molecule has 2 N–H and O–H groups in total. The lowest BCUT2D eigenvalue weighted by Crippen LogP contribution is -2.01. The quantitative estimate of drug-likeness (QED) is 0.657. The summed E-state index contributed by atoms with van der Waals surface area (Å²) in [5, 5.41) is 0. The second kappa shape index (κ2) is 14.0. The zero-order valence-corrected chi connectivity index (χ0v) is 9.23. The van der Waals surface area contributed by atoms with Crippen LogP contribution in [0, 0.1) is 0 Å². The second-order valence-corrected chi connectivity index (χ2v) is 4.75. The van der Waals surface area contributed by atoms with Crippen LogP contribution in [0.15, 0.2) is 0 Å². The Balaban J connectivity index is -0.0000000465. The molecule has 0 aromatic carbocycles. The summed E-state index contributed by atoms with van der Waals surface area (Å²) in [6, 6.07) is 0. The number of primary amides is 1. The van der Waals surface area contributed by atoms with E-state index in [2.05, 4.69) is 19.6 Å². The van der Waals surface area contributed by atoms with E-state index >= 15 is 0 Å². The van der Waals surface area contributed by atoms with E-state index in [1.165, 1.54) is 13.3 Å². The van der Waals surface area contributed by atoms with Crippen LogP contribution in [0.25, 0.3) is 0 Å². The van der Waals surface area contributed by atoms with E-state index < -0.39 is 9.84 Å². The first kappa shape index (κ1) is 22.8. The van der Waals surface area contributed by atoms with Crippen molar-refractivity contribution >= 4 is 15.7 Å². The Bertz CT molecular complexity index is 174. The highest BCUT2D eigenvalue weighted by Gasteiger charge is 1.79. The molecular weight excluding hydrogens is 190 g/mol. The molecule has 0 saturated heterocycles. The normalized spacial score (nSPS) is 7.77. The third-order valence-electron chi connectivity index (χ3n) is 0. The largest absolute Gasteiger partial charge is 0.370 e. The van der Waals surface area contributed by atoms with Crippen molar-refractivity contribution < 1.29 is 13.2 Å². The van der Waals surface area contributed by atoms with Gasteiger partial charge in [0.2, 0.25) is 5.91 Å². The standard InChI is InChI=1S/C3H8.C2H5NO.C2H6O2S.CH4/c1-3-2;1-2(3)4;1-5(2,3)4;/h3H2,1-2H3;1H3,(H2,3,4);1-2H3;1H4. The van der Waals surface area contributed by atoms with E-state index in [9.17, 15) is 13.2 Å². The van der Waals surface area contributed by atoms with Gasteiger partial charge in [-0.15, -0.1) is 0 Å². The molecule has 13 heavy (non-hydrogen) atoms. The maximum atomic E-state index is 9.63. The molecule has 0 bridgehead atoms. The minimum atomic E-state index is -2.67. The van der Waals surface area contributed by atoms with Gasteiger partial charge >= 0.3 is 0 Å². The Hall–Kier alpha value is -0.580. The monoisotopic (exact) mass is 213 g/mol. The zero-order chi connectivity index (χ0) is 10.8. The van der Waals surface area contributed by atoms with E-state index in [0.29, 0.717) is 0 Å². The summed E-state index contributed by atoms with van der Waals surface area (Å²) in [4.78, 5) is 9.22. The van der Waals surface area contributed by atoms with Crippen LogP contribution in [-0.4, -0.2) is 26.8 Å². The maximum absolute atomic E-state index is 9.63. The van der Waals surface area contributed by atoms with E-state index in [-0.39, 0.29) is 13.3 Å². The van der Waals surface area contributed by atoms with E-state index in [4.69, 9.17) is 0 Å². The molecule has 0 spiro atoms. The molecule has 0 unspecified atom stereocenters. The highest BCUT2D eigenvalue weighted by molar-refractivity contribution is 7.89. The van der Waals surface area contributed by atoms with E-state index in [1.54, 1.807) is 0 Å². The molecule has 4 nitrogen and oxygen atoms in total. The summed E-state index contributed by atoms with van der Waals surface area (Å²) >= 11 is 0. The lowest BCUT2D eigenvalue weighted by atomic mass is 10.6. The zero-order valence-electron chi connectivity index (χ0n) is 8.42. The van der Waals surface area contributed by atoms with Crippen LogP contribution in [-0.2, 0) is 14.6 Å². The van der Waals surface area contributed by atoms with Gasteiger partial charge in [-0.25, -0.2) is 8.42 Å². The molecule has 84 valence electrons. The lowest BCUT2D eigenvalue weighted by molar-refractivity contribution is -0.115. The van der Waals surface area contributed by atoms with Crippen LogP contribution < -0.4 is 5.73 Å². The minimum absolute atomic E-state index is 0. The van der Waals surface area contributed by atoms with Gasteiger partial charge in [0.15, 0.2) is 0 Å². The number of hydrogen-bond acceptors (Lipinski definition) is 3. The van der Waals surface area contributed by atoms with Gasteiger partial charge in [0.1, 0.15) is 9.84 Å². The fourth-order valence-corrected chi connectivity index (χ4v) is 0. The summed E-state index contributed by atoms with van der Waals surface area (Å²) in [6.07, 6.45) is 3.57. The van der Waals surface area contributed by atoms with Crippen molar-refractivity contribution in [3.05, 3.63) is 0 Å². The SMILES string of the molecule is C.CC(N)=O.CCC.CS(C)(=O)=O. The average molecular weight is 213 g/mol. The summed E-state index contributed by atoms with van der Waals surface area (Å²) in [5.74, 6) is -0.333. The van der Waals surface area contributed by atoms with Gasteiger partial charge in [-0.05, 0) is 0 Å². The molecule has 0 heterocycles. The first-order valence-corrected chi connectivity index (χ1v) is 5.86. The van der Waals surface area contributed by atoms with Crippen LogP contribution in [0.2, 0.25) is 0 Å². The molecule has 0 saturated carbocycles. The summed E-state index contributed by atoms with van der Waals surface area (Å²) in [7, 11) is -2.67. The number of nitrogens with two attached hydrogens (primary N) is 1. The molecular formula is C8H23NO3S. The fourth-order valence-electron chi connectivity index (χ4n) is 0. The fraction of sp³-hybridized carbons (Fsp3) is 0.875. The summed E-state index contributed by atoms with van der Waals surface area (Å²) in [6.45, 7) is 5.56. The molecule has 0 rings (SSSR count). The van der Waals surface area contributed by atoms with Crippen molar-refractivity contribution in [2.45, 2.75) is 34.6 Å². The Morgan fingerprint density at radius 3 is 1.23 bits per heavy atom. The van der Waals surface area contributed by atoms with Gasteiger partial charge in [0.05, 0.1) is 0 Å². The Kier molecular flexibility index (Phi) is 24.6. The van der Waals surface area contributed by atoms with Crippen LogP contribution in [0.4, 0.5) is 0 Å². The van der Waals surface area contributed by atoms with E-state index in [0.717, 1.165) is 12.5 Å². The number of carbonyl (C=O) groups excluding carboxylic acids is 1. The number of carbonyl (C=O) groups is 1. The van der Waals surface area contributed by atoms with Crippen molar-refractivity contribution in [3.63, 3.8) is 0 Å². The highest BCUT2D eigenvalue weighted by Crippen LogP contribution is 1.61. The van der Waals surface area contributed by atoms with Crippen LogP contribution >= 0.6 is 0 Å². The van der Waals surface area contributed by atoms with Gasteiger partial charge in [0, 0.05) is 19.4 Å². The van der Waals surface area contributed by atoms with Crippen molar-refractivity contribution in [1.29, 1.82) is 0 Å². The van der Waals surface area contributed by atoms with Crippen LogP contribution in [0.5, 0.6) is 0 Å². The minimum Gasteiger partial charge on any atom is -0.370 e. The first-order valence-electron chi connectivity index (χ1n) is 3.56. The number of rotatable bonds is 0. The Morgan fingerprint density at radius 1 is 1.23 bits per heavy atom. The summed E-state index contributed by atoms with van der Waals surface area (Å²) in [5.41, 5.74) is 4.47. The molecule has 1 amide bonds. The predicted octanol–water partition coefficient (Wildman–Crippen LogP) is 1.20. The van der Waals surface area contributed by atoms with Crippen molar-refractivity contribution in [1.82, 2.24) is 0 Å². The molecule has 0 aliphatic rings. The van der Waals surface area contributed by atoms with Gasteiger partial charge in [0.25, 0.3) is 0 Å². The van der Waals surface area contributed by atoms with Crippen molar-refractivity contribution in [3.8, 4) is 0 Å². The molecule has 0 fully saturated rings. The second-order valence-electron chi connectivity index (χ2n) is 2.46. The van der Waals surface area contributed by atoms with Crippen molar-refractivity contribution in [2.24, 2.45) is 5.73 Å². The summed E-state index contributed by atoms with van der Waals surface area (Å²) < 4.78 is 19.3. The molecule has 0 atom stereocenters. The maximum Gasteiger partial charge on any atom is 0.214 e. The molecule has 0 aliphatic heterocycles. The number of sulfone groups is 1. The topological polar surface area (TPSA) is 77.2 Å². The predicted molar refractivity (Wildman–Crippen MR) is 58.3 cm³/mol. The first-order chi connectivity index (χ1) is 5.15. The third-order valence-corrected chi connectivity index (χ3v) is 0. The molecule has 5 heteroatoms. The van der Waals surface area contributed by atoms with Gasteiger partial charge in [-0.1, -0.05) is 27.7 Å². The Labute approximate surface area is 82.4 Å². The van der Waals surface area contributed by atoms with Gasteiger partial charge < -0.3 is 5.73 Å². The van der Waals surface area contributed by atoms with Crippen molar-refractivity contribution in [2.75, 3.05) is 12.5 Å². The Morgan fingerprint density at radius 2 is 1.23 bits per heavy atom. The number of amides is 1.